The van der Waals surface area contributed by atoms with Gasteiger partial charge in [-0.2, -0.15) is 0 Å². The van der Waals surface area contributed by atoms with Crippen LogP contribution in [0.2, 0.25) is 0 Å². The van der Waals surface area contributed by atoms with E-state index in [9.17, 15) is 0 Å². The summed E-state index contributed by atoms with van der Waals surface area (Å²) in [6.07, 6.45) is 0. The van der Waals surface area contributed by atoms with E-state index < -0.39 is 0 Å². The van der Waals surface area contributed by atoms with E-state index in [0.717, 1.165) is 0 Å². The summed E-state index contributed by atoms with van der Waals surface area (Å²) in [7, 11) is 0. The maximum Gasteiger partial charge on any atom is -0.00990 e. The normalized spacial score (nSPS) is 12.0. The third-order valence-electron chi connectivity index (χ3n) is 2.21. The zero-order valence-corrected chi connectivity index (χ0v) is 5.46. The molecule has 10 heavy (non-hydrogen) atoms. The van der Waals surface area contributed by atoms with E-state index in [0.29, 0.717) is 0 Å². The molecule has 0 atom stereocenters. The van der Waals surface area contributed by atoms with Gasteiger partial charge in [-0.3, -0.25) is 0 Å². The van der Waals surface area contributed by atoms with Gasteiger partial charge in [0.15, 0.2) is 0 Å². The molecule has 0 spiro atoms. The van der Waals surface area contributed by atoms with E-state index in [-0.39, 0.29) is 0 Å². The van der Waals surface area contributed by atoms with Gasteiger partial charge in [0, 0.05) is 0 Å². The van der Waals surface area contributed by atoms with Gasteiger partial charge in [-0.25, -0.2) is 0 Å². The molecule has 0 saturated heterocycles. The molecule has 0 aromatic carbocycles. The van der Waals surface area contributed by atoms with Crippen molar-refractivity contribution in [3.05, 3.63) is 36.4 Å². The van der Waals surface area contributed by atoms with E-state index in [1.54, 1.807) is 0 Å². The van der Waals surface area contributed by atoms with Crippen LogP contribution in [0.25, 0.3) is 22.3 Å². The molecule has 0 amide bonds. The van der Waals surface area contributed by atoms with Crippen molar-refractivity contribution in [1.29, 1.82) is 0 Å². The molecule has 0 N–H and O–H groups in total. The van der Waals surface area contributed by atoms with Crippen LogP contribution in [0.15, 0.2) is 36.4 Å². The summed E-state index contributed by atoms with van der Waals surface area (Å²) in [5, 5.41) is 0. The first kappa shape index (κ1) is 4.51. The summed E-state index contributed by atoms with van der Waals surface area (Å²) >= 11 is 0. The zero-order chi connectivity index (χ0) is 6.55. The largest absolute Gasteiger partial charge is 0.0610 e. The lowest BCUT2D eigenvalue weighted by molar-refractivity contribution is 1.69. The minimum absolute atomic E-state index is 1.43. The Labute approximate surface area is 59.5 Å². The summed E-state index contributed by atoms with van der Waals surface area (Å²) in [6.45, 7) is 0. The van der Waals surface area contributed by atoms with Crippen molar-refractivity contribution in [2.75, 3.05) is 0 Å². The second kappa shape index (κ2) is 1.24. The van der Waals surface area contributed by atoms with Crippen molar-refractivity contribution >= 4 is 0 Å². The first-order chi connectivity index (χ1) is 4.97. The maximum absolute atomic E-state index is 2.18. The first-order valence-electron chi connectivity index (χ1n) is 3.49. The number of hydrogen-bond acceptors (Lipinski definition) is 0. The molecule has 0 bridgehead atoms. The van der Waals surface area contributed by atoms with Gasteiger partial charge in [0.1, 0.15) is 0 Å². The molecule has 0 aromatic heterocycles. The highest BCUT2D eigenvalue weighted by Crippen LogP contribution is 2.48. The third kappa shape index (κ3) is 0.305. The van der Waals surface area contributed by atoms with Crippen molar-refractivity contribution in [1.82, 2.24) is 0 Å². The van der Waals surface area contributed by atoms with Crippen LogP contribution in [-0.2, 0) is 0 Å². The number of hydrogen-bond donors (Lipinski definition) is 0. The lowest BCUT2D eigenvalue weighted by Crippen LogP contribution is -1.87. The molecule has 0 heteroatoms. The lowest BCUT2D eigenvalue weighted by Gasteiger charge is -2.14. The molecular weight excluding hydrogens is 120 g/mol. The van der Waals surface area contributed by atoms with Crippen LogP contribution in [0.5, 0.6) is 0 Å². The van der Waals surface area contributed by atoms with Crippen molar-refractivity contribution in [2.24, 2.45) is 0 Å². The Morgan fingerprint density at radius 2 is 0.800 bits per heavy atom. The Morgan fingerprint density at radius 3 is 1.10 bits per heavy atom. The van der Waals surface area contributed by atoms with Crippen molar-refractivity contribution in [3.8, 4) is 22.3 Å². The van der Waals surface area contributed by atoms with Gasteiger partial charge in [-0.05, 0) is 22.3 Å². The molecule has 0 aromatic rings. The molecule has 0 unspecified atom stereocenters. The van der Waals surface area contributed by atoms with E-state index in [4.69, 9.17) is 0 Å². The smallest absolute Gasteiger partial charge is 0.00990 e. The van der Waals surface area contributed by atoms with Crippen LogP contribution < -0.4 is 0 Å². The highest BCUT2D eigenvalue weighted by Gasteiger charge is 2.21. The van der Waals surface area contributed by atoms with Crippen LogP contribution in [0.3, 0.4) is 0 Å². The van der Waals surface area contributed by atoms with Crippen LogP contribution in [0.1, 0.15) is 0 Å². The van der Waals surface area contributed by atoms with Gasteiger partial charge in [-0.15, -0.1) is 0 Å². The molecule has 3 aliphatic rings. The molecule has 3 aliphatic carbocycles. The minimum atomic E-state index is 1.43. The molecule has 3 rings (SSSR count). The fourth-order valence-corrected chi connectivity index (χ4v) is 1.72. The maximum atomic E-state index is 2.18. The van der Waals surface area contributed by atoms with E-state index in [1.807, 2.05) is 0 Å². The molecule has 0 fully saturated rings. The predicted octanol–water partition coefficient (Wildman–Crippen LogP) is 2.77. The minimum Gasteiger partial charge on any atom is -0.0610 e. The van der Waals surface area contributed by atoms with Crippen LogP contribution in [0, 0.1) is 0 Å². The van der Waals surface area contributed by atoms with Crippen LogP contribution in [0.4, 0.5) is 0 Å². The Bertz CT molecular complexity index is 288. The van der Waals surface area contributed by atoms with Crippen LogP contribution in [-0.4, -0.2) is 0 Å². The van der Waals surface area contributed by atoms with Crippen molar-refractivity contribution in [3.63, 3.8) is 0 Å². The van der Waals surface area contributed by atoms with Crippen molar-refractivity contribution in [2.45, 2.75) is 0 Å². The SMILES string of the molecule is c1cc2c3cccc-3c-2c1. The fraction of sp³-hybridized carbons (Fsp3) is 0. The molecule has 0 nitrogen and oxygen atoms in total. The second-order valence-corrected chi connectivity index (χ2v) is 2.71. The van der Waals surface area contributed by atoms with Crippen molar-refractivity contribution < 1.29 is 0 Å². The summed E-state index contributed by atoms with van der Waals surface area (Å²) < 4.78 is 0. The highest BCUT2D eigenvalue weighted by molar-refractivity contribution is 6.03. The van der Waals surface area contributed by atoms with E-state index in [1.165, 1.54) is 22.3 Å². The fourth-order valence-electron chi connectivity index (χ4n) is 1.72. The Morgan fingerprint density at radius 1 is 0.500 bits per heavy atom. The van der Waals surface area contributed by atoms with Gasteiger partial charge >= 0.3 is 0 Å². The Hall–Kier alpha value is -1.30. The number of rotatable bonds is 0. The van der Waals surface area contributed by atoms with Gasteiger partial charge in [-0.1, -0.05) is 36.4 Å². The standard InChI is InChI=1S/C10H6/c1-3-7-8(4-1)10-6-2-5-9(7)10/h1-6H. The summed E-state index contributed by atoms with van der Waals surface area (Å²) in [6, 6.07) is 12.9. The van der Waals surface area contributed by atoms with E-state index >= 15 is 0 Å². The predicted molar refractivity (Wildman–Crippen MR) is 42.1 cm³/mol. The average molecular weight is 126 g/mol. The molecule has 0 radical (unpaired) electrons. The molecule has 46 valence electrons. The molecule has 0 saturated carbocycles. The highest BCUT2D eigenvalue weighted by atomic mass is 14.2. The first-order valence-corrected chi connectivity index (χ1v) is 3.49. The van der Waals surface area contributed by atoms with Gasteiger partial charge < -0.3 is 0 Å². The summed E-state index contributed by atoms with van der Waals surface area (Å²) in [5.41, 5.74) is 5.72. The van der Waals surface area contributed by atoms with Crippen LogP contribution >= 0.6 is 0 Å². The van der Waals surface area contributed by atoms with Gasteiger partial charge in [0.25, 0.3) is 0 Å². The summed E-state index contributed by atoms with van der Waals surface area (Å²) in [4.78, 5) is 0. The zero-order valence-electron chi connectivity index (χ0n) is 5.46. The Kier molecular flexibility index (Phi) is 0.558. The summed E-state index contributed by atoms with van der Waals surface area (Å²) in [5.74, 6) is 0. The van der Waals surface area contributed by atoms with E-state index in [2.05, 4.69) is 36.4 Å². The third-order valence-corrected chi connectivity index (χ3v) is 2.21. The monoisotopic (exact) mass is 126 g/mol. The number of fused-ring (bicyclic) bond motifs is 4. The lowest BCUT2D eigenvalue weighted by atomic mass is 9.88. The second-order valence-electron chi connectivity index (χ2n) is 2.71. The quantitative estimate of drug-likeness (QED) is 0.434. The topological polar surface area (TPSA) is 0 Å². The van der Waals surface area contributed by atoms with Gasteiger partial charge in [0.05, 0.1) is 0 Å². The average Bonchev–Trinajstić information content (AvgIpc) is 2.42. The van der Waals surface area contributed by atoms with Gasteiger partial charge in [0.2, 0.25) is 0 Å². The molecule has 0 aliphatic heterocycles. The Balaban J connectivity index is 2.54. The molecule has 0 heterocycles. The molecular formula is C10H6.